The van der Waals surface area contributed by atoms with Crippen LogP contribution in [0.25, 0.3) is 22.4 Å². The Hall–Kier alpha value is -2.00. The highest BCUT2D eigenvalue weighted by atomic mass is 35.5. The summed E-state index contributed by atoms with van der Waals surface area (Å²) in [5, 5.41) is 8.88. The van der Waals surface area contributed by atoms with Crippen LogP contribution in [0.1, 0.15) is 0 Å². The van der Waals surface area contributed by atoms with Gasteiger partial charge in [0, 0.05) is 10.6 Å². The standard InChI is InChI=1S/C13H8ClN3/c14-10-6-7-11-12(8-10)15-13(17-16-11)9-4-2-1-3-5-9/h1-8H. The van der Waals surface area contributed by atoms with Gasteiger partial charge in [0.15, 0.2) is 5.82 Å². The lowest BCUT2D eigenvalue weighted by atomic mass is 10.2. The SMILES string of the molecule is Clc1ccc2nnc(-c3ccccc3)nc2c1. The monoisotopic (exact) mass is 241 g/mol. The maximum absolute atomic E-state index is 5.93. The number of fused-ring (bicyclic) bond motifs is 1. The molecule has 1 aromatic heterocycles. The predicted octanol–water partition coefficient (Wildman–Crippen LogP) is 3.35. The predicted molar refractivity (Wildman–Crippen MR) is 67.8 cm³/mol. The van der Waals surface area contributed by atoms with E-state index < -0.39 is 0 Å². The van der Waals surface area contributed by atoms with Gasteiger partial charge in [-0.1, -0.05) is 41.9 Å². The van der Waals surface area contributed by atoms with E-state index in [2.05, 4.69) is 15.2 Å². The minimum atomic E-state index is 0.611. The van der Waals surface area contributed by atoms with E-state index >= 15 is 0 Å². The highest BCUT2D eigenvalue weighted by Gasteiger charge is 2.04. The first-order valence-electron chi connectivity index (χ1n) is 5.18. The molecule has 0 bridgehead atoms. The molecule has 0 N–H and O–H groups in total. The first-order chi connectivity index (χ1) is 8.33. The molecule has 0 radical (unpaired) electrons. The van der Waals surface area contributed by atoms with Gasteiger partial charge in [0.2, 0.25) is 0 Å². The molecular weight excluding hydrogens is 234 g/mol. The fourth-order valence-electron chi connectivity index (χ4n) is 1.62. The molecule has 0 aliphatic heterocycles. The van der Waals surface area contributed by atoms with E-state index in [4.69, 9.17) is 11.6 Å². The molecule has 3 nitrogen and oxygen atoms in total. The van der Waals surface area contributed by atoms with Crippen LogP contribution < -0.4 is 0 Å². The summed E-state index contributed by atoms with van der Waals surface area (Å²) in [6.07, 6.45) is 0. The molecule has 82 valence electrons. The van der Waals surface area contributed by atoms with Gasteiger partial charge in [0.1, 0.15) is 5.52 Å². The number of aromatic nitrogens is 3. The zero-order valence-electron chi connectivity index (χ0n) is 8.84. The van der Waals surface area contributed by atoms with E-state index in [1.54, 1.807) is 12.1 Å². The molecular formula is C13H8ClN3. The van der Waals surface area contributed by atoms with Crippen LogP contribution in [0.5, 0.6) is 0 Å². The van der Waals surface area contributed by atoms with Gasteiger partial charge in [-0.2, -0.15) is 0 Å². The van der Waals surface area contributed by atoms with E-state index in [0.29, 0.717) is 10.8 Å². The summed E-state index contributed by atoms with van der Waals surface area (Å²) in [6.45, 7) is 0. The molecule has 0 aliphatic carbocycles. The van der Waals surface area contributed by atoms with Gasteiger partial charge in [0.05, 0.1) is 5.52 Å². The van der Waals surface area contributed by atoms with Crippen LogP contribution in [0, 0.1) is 0 Å². The van der Waals surface area contributed by atoms with Gasteiger partial charge in [0.25, 0.3) is 0 Å². The normalized spacial score (nSPS) is 10.6. The van der Waals surface area contributed by atoms with Gasteiger partial charge in [-0.05, 0) is 18.2 Å². The van der Waals surface area contributed by atoms with Gasteiger partial charge >= 0.3 is 0 Å². The molecule has 2 aromatic carbocycles. The molecule has 4 heteroatoms. The summed E-state index contributed by atoms with van der Waals surface area (Å²) in [4.78, 5) is 4.45. The summed E-state index contributed by atoms with van der Waals surface area (Å²) in [7, 11) is 0. The minimum absolute atomic E-state index is 0.611. The topological polar surface area (TPSA) is 38.7 Å². The Bertz CT molecular complexity index is 668. The Morgan fingerprint density at radius 1 is 0.824 bits per heavy atom. The van der Waals surface area contributed by atoms with Crippen molar-refractivity contribution in [1.82, 2.24) is 15.2 Å². The lowest BCUT2D eigenvalue weighted by Gasteiger charge is -2.01. The fraction of sp³-hybridized carbons (Fsp3) is 0. The number of hydrogen-bond acceptors (Lipinski definition) is 3. The average molecular weight is 242 g/mol. The van der Waals surface area contributed by atoms with Crippen molar-refractivity contribution in [3.05, 3.63) is 53.6 Å². The quantitative estimate of drug-likeness (QED) is 0.656. The molecule has 0 fully saturated rings. The third-order valence-electron chi connectivity index (χ3n) is 2.45. The fourth-order valence-corrected chi connectivity index (χ4v) is 1.78. The maximum atomic E-state index is 5.93. The van der Waals surface area contributed by atoms with Crippen LogP contribution in [-0.2, 0) is 0 Å². The summed E-state index contributed by atoms with van der Waals surface area (Å²) >= 11 is 5.93. The van der Waals surface area contributed by atoms with Crippen molar-refractivity contribution in [2.24, 2.45) is 0 Å². The smallest absolute Gasteiger partial charge is 0.182 e. The molecule has 1 heterocycles. The Balaban J connectivity index is 2.19. The van der Waals surface area contributed by atoms with E-state index in [0.717, 1.165) is 16.6 Å². The van der Waals surface area contributed by atoms with Crippen molar-refractivity contribution in [2.75, 3.05) is 0 Å². The highest BCUT2D eigenvalue weighted by molar-refractivity contribution is 6.31. The van der Waals surface area contributed by atoms with Crippen LogP contribution >= 0.6 is 11.6 Å². The third-order valence-corrected chi connectivity index (χ3v) is 2.68. The van der Waals surface area contributed by atoms with E-state index in [1.807, 2.05) is 36.4 Å². The highest BCUT2D eigenvalue weighted by Crippen LogP contribution is 2.19. The van der Waals surface area contributed by atoms with Crippen molar-refractivity contribution in [1.29, 1.82) is 0 Å². The van der Waals surface area contributed by atoms with E-state index in [1.165, 1.54) is 0 Å². The average Bonchev–Trinajstić information content (AvgIpc) is 2.39. The zero-order chi connectivity index (χ0) is 11.7. The van der Waals surface area contributed by atoms with Gasteiger partial charge in [-0.25, -0.2) is 4.98 Å². The van der Waals surface area contributed by atoms with Gasteiger partial charge in [-0.15, -0.1) is 10.2 Å². The second kappa shape index (κ2) is 4.11. The molecule has 3 aromatic rings. The molecule has 0 saturated heterocycles. The molecule has 17 heavy (non-hydrogen) atoms. The third kappa shape index (κ3) is 1.97. The lowest BCUT2D eigenvalue weighted by molar-refractivity contribution is 1.03. The van der Waals surface area contributed by atoms with Crippen LogP contribution in [0.2, 0.25) is 5.02 Å². The molecule has 0 atom stereocenters. The van der Waals surface area contributed by atoms with Crippen LogP contribution in [0.15, 0.2) is 48.5 Å². The Labute approximate surface area is 103 Å². The number of benzene rings is 2. The summed E-state index contributed by atoms with van der Waals surface area (Å²) < 4.78 is 0. The molecule has 3 rings (SSSR count). The van der Waals surface area contributed by atoms with Crippen LogP contribution in [0.3, 0.4) is 0 Å². The first kappa shape index (κ1) is 10.2. The molecule has 0 aliphatic rings. The largest absolute Gasteiger partial charge is 0.225 e. The van der Waals surface area contributed by atoms with Crippen molar-refractivity contribution in [3.63, 3.8) is 0 Å². The van der Waals surface area contributed by atoms with Crippen LogP contribution in [-0.4, -0.2) is 15.2 Å². The second-order valence-electron chi connectivity index (χ2n) is 3.63. The number of hydrogen-bond donors (Lipinski definition) is 0. The zero-order valence-corrected chi connectivity index (χ0v) is 9.59. The van der Waals surface area contributed by atoms with Crippen molar-refractivity contribution >= 4 is 22.6 Å². The molecule has 0 unspecified atom stereocenters. The summed E-state index contributed by atoms with van der Waals surface area (Å²) in [5.41, 5.74) is 2.45. The van der Waals surface area contributed by atoms with E-state index in [9.17, 15) is 0 Å². The molecule has 0 amide bonds. The van der Waals surface area contributed by atoms with Crippen molar-refractivity contribution < 1.29 is 0 Å². The Morgan fingerprint density at radius 2 is 1.65 bits per heavy atom. The van der Waals surface area contributed by atoms with Gasteiger partial charge < -0.3 is 0 Å². The number of rotatable bonds is 1. The van der Waals surface area contributed by atoms with Crippen molar-refractivity contribution in [3.8, 4) is 11.4 Å². The van der Waals surface area contributed by atoms with Crippen molar-refractivity contribution in [2.45, 2.75) is 0 Å². The maximum Gasteiger partial charge on any atom is 0.182 e. The summed E-state index contributed by atoms with van der Waals surface area (Å²) in [5.74, 6) is 0.611. The first-order valence-corrected chi connectivity index (χ1v) is 5.56. The number of halogens is 1. The Kier molecular flexibility index (Phi) is 2.46. The number of nitrogens with zero attached hydrogens (tertiary/aromatic N) is 3. The van der Waals surface area contributed by atoms with Gasteiger partial charge in [-0.3, -0.25) is 0 Å². The Morgan fingerprint density at radius 3 is 2.47 bits per heavy atom. The lowest BCUT2D eigenvalue weighted by Crippen LogP contribution is -1.93. The second-order valence-corrected chi connectivity index (χ2v) is 4.07. The molecule has 0 saturated carbocycles. The molecule has 0 spiro atoms. The summed E-state index contributed by atoms with van der Waals surface area (Å²) in [6, 6.07) is 15.1. The van der Waals surface area contributed by atoms with E-state index in [-0.39, 0.29) is 0 Å². The minimum Gasteiger partial charge on any atom is -0.225 e. The van der Waals surface area contributed by atoms with Crippen LogP contribution in [0.4, 0.5) is 0 Å².